The number of rotatable bonds is 6. The van der Waals surface area contributed by atoms with Crippen molar-refractivity contribution in [1.82, 2.24) is 0 Å². The van der Waals surface area contributed by atoms with E-state index in [-0.39, 0.29) is 0 Å². The van der Waals surface area contributed by atoms with Gasteiger partial charge >= 0.3 is 0 Å². The van der Waals surface area contributed by atoms with Gasteiger partial charge in [0, 0.05) is 0 Å². The van der Waals surface area contributed by atoms with E-state index >= 15 is 0 Å². The Morgan fingerprint density at radius 2 is 1.53 bits per heavy atom. The van der Waals surface area contributed by atoms with Gasteiger partial charge in [-0.1, -0.05) is 54.4 Å². The predicted molar refractivity (Wildman–Crippen MR) is 78.1 cm³/mol. The molecule has 1 aliphatic rings. The third kappa shape index (κ3) is 4.30. The van der Waals surface area contributed by atoms with Gasteiger partial charge in [0.15, 0.2) is 0 Å². The molecule has 102 valence electrons. The van der Waals surface area contributed by atoms with E-state index in [1.165, 1.54) is 32.1 Å². The maximum atomic E-state index is 2.46. The minimum Gasteiger partial charge on any atom is -0.0651 e. The van der Waals surface area contributed by atoms with E-state index in [0.29, 0.717) is 0 Å². The van der Waals surface area contributed by atoms with Crippen LogP contribution in [0.25, 0.3) is 0 Å². The van der Waals surface area contributed by atoms with E-state index in [2.05, 4.69) is 41.5 Å². The van der Waals surface area contributed by atoms with E-state index < -0.39 is 0 Å². The summed E-state index contributed by atoms with van der Waals surface area (Å²) in [5.74, 6) is 5.75. The molecule has 0 radical (unpaired) electrons. The van der Waals surface area contributed by atoms with Crippen LogP contribution in [0.2, 0.25) is 0 Å². The van der Waals surface area contributed by atoms with Gasteiger partial charge in [-0.2, -0.15) is 0 Å². The first kappa shape index (κ1) is 15.1. The first-order chi connectivity index (χ1) is 7.95. The quantitative estimate of drug-likeness (QED) is 0.551. The first-order valence-corrected chi connectivity index (χ1v) is 7.95. The van der Waals surface area contributed by atoms with E-state index in [0.717, 1.165) is 35.5 Å². The fourth-order valence-electron chi connectivity index (χ4n) is 3.95. The lowest BCUT2D eigenvalue weighted by Gasteiger charge is -2.31. The fourth-order valence-corrected chi connectivity index (χ4v) is 3.95. The Morgan fingerprint density at radius 3 is 2.00 bits per heavy atom. The average molecular weight is 238 g/mol. The molecule has 0 bridgehead atoms. The van der Waals surface area contributed by atoms with Crippen LogP contribution in [0.3, 0.4) is 0 Å². The molecular weight excluding hydrogens is 204 g/mol. The van der Waals surface area contributed by atoms with Crippen LogP contribution < -0.4 is 0 Å². The van der Waals surface area contributed by atoms with Gasteiger partial charge < -0.3 is 0 Å². The van der Waals surface area contributed by atoms with Crippen molar-refractivity contribution in [3.8, 4) is 0 Å². The Labute approximate surface area is 110 Å². The minimum absolute atomic E-state index is 0.875. The summed E-state index contributed by atoms with van der Waals surface area (Å²) in [5, 5.41) is 0. The summed E-state index contributed by atoms with van der Waals surface area (Å²) in [5.41, 5.74) is 0. The third-order valence-electron chi connectivity index (χ3n) is 5.00. The molecule has 0 saturated heterocycles. The van der Waals surface area contributed by atoms with Crippen molar-refractivity contribution in [3.63, 3.8) is 0 Å². The van der Waals surface area contributed by atoms with Crippen molar-refractivity contribution < 1.29 is 0 Å². The molecule has 1 saturated carbocycles. The highest BCUT2D eigenvalue weighted by atomic mass is 14.4. The van der Waals surface area contributed by atoms with E-state index in [1.807, 2.05) is 0 Å². The fraction of sp³-hybridized carbons (Fsp3) is 1.00. The van der Waals surface area contributed by atoms with Gasteiger partial charge in [-0.05, 0) is 54.8 Å². The normalized spacial score (nSPS) is 31.4. The highest BCUT2D eigenvalue weighted by Gasteiger charge is 2.37. The molecule has 0 aromatic rings. The molecule has 4 unspecified atom stereocenters. The highest BCUT2D eigenvalue weighted by molar-refractivity contribution is 4.87. The molecule has 0 amide bonds. The van der Waals surface area contributed by atoms with Crippen LogP contribution in [0.5, 0.6) is 0 Å². The van der Waals surface area contributed by atoms with Crippen molar-refractivity contribution >= 4 is 0 Å². The number of hydrogen-bond acceptors (Lipinski definition) is 0. The molecule has 0 heteroatoms. The monoisotopic (exact) mass is 238 g/mol. The van der Waals surface area contributed by atoms with Crippen LogP contribution in [0.1, 0.15) is 73.6 Å². The molecule has 0 aliphatic heterocycles. The van der Waals surface area contributed by atoms with Crippen molar-refractivity contribution in [1.29, 1.82) is 0 Å². The molecule has 0 spiro atoms. The molecule has 0 nitrogen and oxygen atoms in total. The molecule has 17 heavy (non-hydrogen) atoms. The van der Waals surface area contributed by atoms with Gasteiger partial charge in [-0.25, -0.2) is 0 Å². The lowest BCUT2D eigenvalue weighted by Crippen LogP contribution is -2.22. The Bertz CT molecular complexity index is 204. The Morgan fingerprint density at radius 1 is 0.941 bits per heavy atom. The highest BCUT2D eigenvalue weighted by Crippen LogP contribution is 2.46. The maximum absolute atomic E-state index is 2.46. The van der Waals surface area contributed by atoms with E-state index in [9.17, 15) is 0 Å². The molecule has 4 atom stereocenters. The molecule has 0 N–H and O–H groups in total. The smallest absolute Gasteiger partial charge is 0.0352 e. The van der Waals surface area contributed by atoms with Crippen LogP contribution in [0, 0.1) is 35.5 Å². The van der Waals surface area contributed by atoms with Crippen LogP contribution in [-0.4, -0.2) is 0 Å². The van der Waals surface area contributed by atoms with E-state index in [1.54, 1.807) is 0 Å². The van der Waals surface area contributed by atoms with Crippen molar-refractivity contribution in [2.24, 2.45) is 35.5 Å². The average Bonchev–Trinajstić information content (AvgIpc) is 2.61. The minimum atomic E-state index is 0.875. The molecular formula is C17H34. The molecule has 0 aromatic heterocycles. The second-order valence-corrected chi connectivity index (χ2v) is 7.29. The molecule has 0 aromatic carbocycles. The summed E-state index contributed by atoms with van der Waals surface area (Å²) in [6, 6.07) is 0. The summed E-state index contributed by atoms with van der Waals surface area (Å²) in [6.45, 7) is 14.5. The lowest BCUT2D eigenvalue weighted by molar-refractivity contribution is 0.190. The summed E-state index contributed by atoms with van der Waals surface area (Å²) >= 11 is 0. The van der Waals surface area contributed by atoms with Crippen molar-refractivity contribution in [3.05, 3.63) is 0 Å². The topological polar surface area (TPSA) is 0 Å². The van der Waals surface area contributed by atoms with Gasteiger partial charge in [-0.15, -0.1) is 0 Å². The Hall–Kier alpha value is 0. The van der Waals surface area contributed by atoms with Gasteiger partial charge in [0.05, 0.1) is 0 Å². The third-order valence-corrected chi connectivity index (χ3v) is 5.00. The maximum Gasteiger partial charge on any atom is -0.0352 e. The van der Waals surface area contributed by atoms with Gasteiger partial charge in [0.2, 0.25) is 0 Å². The predicted octanol–water partition coefficient (Wildman–Crippen LogP) is 5.77. The Kier molecular flexibility index (Phi) is 6.03. The zero-order valence-electron chi connectivity index (χ0n) is 13.0. The zero-order valence-corrected chi connectivity index (χ0v) is 13.0. The second kappa shape index (κ2) is 6.81. The van der Waals surface area contributed by atoms with Crippen LogP contribution >= 0.6 is 0 Å². The van der Waals surface area contributed by atoms with Crippen LogP contribution in [0.15, 0.2) is 0 Å². The second-order valence-electron chi connectivity index (χ2n) is 7.29. The Balaban J connectivity index is 2.59. The van der Waals surface area contributed by atoms with Crippen LogP contribution in [0.4, 0.5) is 0 Å². The first-order valence-electron chi connectivity index (χ1n) is 7.95. The van der Waals surface area contributed by atoms with Crippen molar-refractivity contribution in [2.45, 2.75) is 73.6 Å². The van der Waals surface area contributed by atoms with Crippen LogP contribution in [-0.2, 0) is 0 Å². The summed E-state index contributed by atoms with van der Waals surface area (Å²) in [4.78, 5) is 0. The largest absolute Gasteiger partial charge is 0.0651 e. The molecule has 0 heterocycles. The lowest BCUT2D eigenvalue weighted by atomic mass is 9.75. The van der Waals surface area contributed by atoms with Gasteiger partial charge in [0.1, 0.15) is 0 Å². The van der Waals surface area contributed by atoms with E-state index in [4.69, 9.17) is 0 Å². The van der Waals surface area contributed by atoms with Gasteiger partial charge in [0.25, 0.3) is 0 Å². The molecule has 1 aliphatic carbocycles. The zero-order chi connectivity index (χ0) is 13.0. The van der Waals surface area contributed by atoms with Gasteiger partial charge in [-0.3, -0.25) is 0 Å². The summed E-state index contributed by atoms with van der Waals surface area (Å²) < 4.78 is 0. The number of hydrogen-bond donors (Lipinski definition) is 0. The molecule has 1 rings (SSSR count). The van der Waals surface area contributed by atoms with Crippen molar-refractivity contribution in [2.75, 3.05) is 0 Å². The summed E-state index contributed by atoms with van der Waals surface area (Å²) in [7, 11) is 0. The SMILES string of the molecule is CCC(CCC(C)C)C1CC(C)CC1C(C)C. The summed E-state index contributed by atoms with van der Waals surface area (Å²) in [6.07, 6.45) is 7.27. The molecule has 1 fully saturated rings. The standard InChI is InChI=1S/C17H34/c1-7-15(9-8-12(2)3)17-11-14(6)10-16(17)13(4)5/h12-17H,7-11H2,1-6H3.